The quantitative estimate of drug-likeness (QED) is 0.809. The Hall–Kier alpha value is -0.570. The molecule has 118 valence electrons. The third-order valence-electron chi connectivity index (χ3n) is 6.72. The van der Waals surface area contributed by atoms with Gasteiger partial charge in [0, 0.05) is 11.5 Å². The molecule has 1 saturated heterocycles. The Labute approximate surface area is 128 Å². The molecule has 3 heteroatoms. The highest BCUT2D eigenvalue weighted by atomic mass is 16.2. The molecular weight excluding hydrogens is 260 g/mol. The summed E-state index contributed by atoms with van der Waals surface area (Å²) in [6, 6.07) is 0. The Bertz CT molecular complexity index is 384. The van der Waals surface area contributed by atoms with Crippen LogP contribution < -0.4 is 10.2 Å². The van der Waals surface area contributed by atoms with Gasteiger partial charge in [-0.3, -0.25) is 4.79 Å². The van der Waals surface area contributed by atoms with Gasteiger partial charge < -0.3 is 10.2 Å². The van der Waals surface area contributed by atoms with Crippen LogP contribution in [0.4, 0.5) is 0 Å². The molecule has 1 aliphatic heterocycles. The molecule has 0 aromatic rings. The second-order valence-electron chi connectivity index (χ2n) is 8.87. The van der Waals surface area contributed by atoms with Crippen LogP contribution >= 0.6 is 0 Å². The average molecular weight is 291 g/mol. The van der Waals surface area contributed by atoms with E-state index in [2.05, 4.69) is 12.2 Å². The fourth-order valence-corrected chi connectivity index (χ4v) is 6.39. The van der Waals surface area contributed by atoms with Gasteiger partial charge in [0.05, 0.1) is 13.1 Å². The van der Waals surface area contributed by atoms with Crippen molar-refractivity contribution in [1.29, 1.82) is 0 Å². The summed E-state index contributed by atoms with van der Waals surface area (Å²) in [7, 11) is 0. The van der Waals surface area contributed by atoms with Crippen LogP contribution in [-0.4, -0.2) is 31.1 Å². The van der Waals surface area contributed by atoms with E-state index < -0.39 is 0 Å². The molecule has 0 radical (unpaired) electrons. The number of nitrogens with one attached hydrogen (secondary N) is 2. The zero-order valence-electron chi connectivity index (χ0n) is 13.5. The van der Waals surface area contributed by atoms with Crippen molar-refractivity contribution in [2.75, 3.05) is 19.6 Å². The fraction of sp³-hybridized carbons (Fsp3) is 0.944. The molecule has 5 fully saturated rings. The minimum atomic E-state index is 0.201. The van der Waals surface area contributed by atoms with Gasteiger partial charge in [0.15, 0.2) is 6.54 Å². The number of carbonyl (C=O) groups excluding carboxylic acids is 1. The smallest absolute Gasteiger partial charge is 0.275 e. The van der Waals surface area contributed by atoms with Crippen LogP contribution in [0.25, 0.3) is 0 Å². The number of rotatable bonds is 3. The molecule has 0 spiro atoms. The summed E-state index contributed by atoms with van der Waals surface area (Å²) in [5, 5.41) is 3.53. The second-order valence-corrected chi connectivity index (χ2v) is 8.87. The van der Waals surface area contributed by atoms with Crippen molar-refractivity contribution in [3.8, 4) is 0 Å². The molecule has 5 rings (SSSR count). The third kappa shape index (κ3) is 2.86. The van der Waals surface area contributed by atoms with Crippen LogP contribution in [0.1, 0.15) is 58.3 Å². The summed E-state index contributed by atoms with van der Waals surface area (Å²) >= 11 is 0. The molecule has 2 atom stereocenters. The van der Waals surface area contributed by atoms with Crippen molar-refractivity contribution >= 4 is 5.91 Å². The van der Waals surface area contributed by atoms with Gasteiger partial charge in [0.25, 0.3) is 5.91 Å². The van der Waals surface area contributed by atoms with E-state index >= 15 is 0 Å². The van der Waals surface area contributed by atoms with Gasteiger partial charge in [-0.1, -0.05) is 6.92 Å². The molecule has 1 heterocycles. The molecule has 4 bridgehead atoms. The lowest BCUT2D eigenvalue weighted by atomic mass is 9.53. The highest BCUT2D eigenvalue weighted by molar-refractivity contribution is 5.77. The maximum atomic E-state index is 12.6. The van der Waals surface area contributed by atoms with E-state index in [-0.39, 0.29) is 5.54 Å². The van der Waals surface area contributed by atoms with Gasteiger partial charge in [-0.25, -0.2) is 0 Å². The van der Waals surface area contributed by atoms with Gasteiger partial charge >= 0.3 is 0 Å². The molecule has 0 aromatic carbocycles. The van der Waals surface area contributed by atoms with Crippen LogP contribution in [0.15, 0.2) is 0 Å². The summed E-state index contributed by atoms with van der Waals surface area (Å²) in [5.41, 5.74) is 0.201. The van der Waals surface area contributed by atoms with Gasteiger partial charge in [0.1, 0.15) is 0 Å². The maximum Gasteiger partial charge on any atom is 0.275 e. The lowest BCUT2D eigenvalue weighted by molar-refractivity contribution is -0.900. The average Bonchev–Trinajstić information content (AvgIpc) is 2.35. The Kier molecular flexibility index (Phi) is 3.52. The molecule has 3 nitrogen and oxygen atoms in total. The second kappa shape index (κ2) is 5.26. The van der Waals surface area contributed by atoms with E-state index in [1.165, 1.54) is 69.4 Å². The van der Waals surface area contributed by atoms with E-state index in [4.69, 9.17) is 0 Å². The molecule has 0 aromatic heterocycles. The molecule has 1 amide bonds. The van der Waals surface area contributed by atoms with Crippen LogP contribution in [0.2, 0.25) is 0 Å². The van der Waals surface area contributed by atoms with Crippen molar-refractivity contribution in [3.05, 3.63) is 0 Å². The summed E-state index contributed by atoms with van der Waals surface area (Å²) in [6.07, 6.45) is 10.8. The Balaban J connectivity index is 1.36. The number of quaternary nitrogens is 1. The number of amides is 1. The zero-order chi connectivity index (χ0) is 14.4. The van der Waals surface area contributed by atoms with E-state index in [9.17, 15) is 4.79 Å². The number of hydrogen-bond donors (Lipinski definition) is 2. The fourth-order valence-electron chi connectivity index (χ4n) is 6.39. The van der Waals surface area contributed by atoms with Crippen LogP contribution in [0, 0.1) is 23.7 Å². The maximum absolute atomic E-state index is 12.6. The lowest BCUT2D eigenvalue weighted by Gasteiger charge is -2.56. The normalized spacial score (nSPS) is 48.3. The molecule has 1 unspecified atom stereocenters. The molecular formula is C18H31N2O+. The summed E-state index contributed by atoms with van der Waals surface area (Å²) in [5.74, 6) is 3.87. The largest absolute Gasteiger partial charge is 0.346 e. The van der Waals surface area contributed by atoms with Crippen molar-refractivity contribution in [1.82, 2.24) is 5.32 Å². The SMILES string of the molecule is C[C@@H]1CCC[NH+](CC(=O)NC23CC4CC(CC(C4)C2)C3)C1. The molecule has 4 saturated carbocycles. The number of piperidine rings is 1. The Morgan fingerprint density at radius 3 is 2.33 bits per heavy atom. The number of carbonyl (C=O) groups is 1. The standard InChI is InChI=1S/C18H30N2O/c1-13-3-2-4-20(11-13)12-17(21)19-18-8-14-5-15(9-18)7-16(6-14)10-18/h13-16H,2-12H2,1H3,(H,19,21)/p+1/t13-,14?,15?,16?,18?/m1/s1. The zero-order valence-corrected chi connectivity index (χ0v) is 13.5. The van der Waals surface area contributed by atoms with Gasteiger partial charge in [0.2, 0.25) is 0 Å². The topological polar surface area (TPSA) is 33.5 Å². The van der Waals surface area contributed by atoms with Gasteiger partial charge in [-0.15, -0.1) is 0 Å². The first kappa shape index (κ1) is 14.0. The van der Waals surface area contributed by atoms with Crippen LogP contribution in [-0.2, 0) is 4.79 Å². The molecule has 2 N–H and O–H groups in total. The van der Waals surface area contributed by atoms with E-state index in [1.54, 1.807) is 0 Å². The number of hydrogen-bond acceptors (Lipinski definition) is 1. The summed E-state index contributed by atoms with van der Waals surface area (Å²) in [4.78, 5) is 14.1. The molecule has 4 aliphatic carbocycles. The summed E-state index contributed by atoms with van der Waals surface area (Å²) < 4.78 is 0. The number of likely N-dealkylation sites (tertiary alicyclic amines) is 1. The lowest BCUT2D eigenvalue weighted by Crippen LogP contribution is -3.14. The first-order chi connectivity index (χ1) is 10.1. The Morgan fingerprint density at radius 1 is 1.14 bits per heavy atom. The third-order valence-corrected chi connectivity index (χ3v) is 6.72. The van der Waals surface area contributed by atoms with Crippen LogP contribution in [0.3, 0.4) is 0 Å². The minimum Gasteiger partial charge on any atom is -0.346 e. The van der Waals surface area contributed by atoms with Gasteiger partial charge in [-0.05, 0) is 69.1 Å². The monoisotopic (exact) mass is 291 g/mol. The highest BCUT2D eigenvalue weighted by Crippen LogP contribution is 2.55. The van der Waals surface area contributed by atoms with E-state index in [1.807, 2.05) is 0 Å². The van der Waals surface area contributed by atoms with Gasteiger partial charge in [-0.2, -0.15) is 0 Å². The highest BCUT2D eigenvalue weighted by Gasteiger charge is 2.51. The van der Waals surface area contributed by atoms with Crippen molar-refractivity contribution < 1.29 is 9.69 Å². The first-order valence-electron chi connectivity index (χ1n) is 9.25. The molecule has 21 heavy (non-hydrogen) atoms. The minimum absolute atomic E-state index is 0.201. The van der Waals surface area contributed by atoms with Crippen molar-refractivity contribution in [2.45, 2.75) is 63.8 Å². The van der Waals surface area contributed by atoms with E-state index in [0.717, 1.165) is 23.7 Å². The Morgan fingerprint density at radius 2 is 1.76 bits per heavy atom. The van der Waals surface area contributed by atoms with Crippen molar-refractivity contribution in [3.63, 3.8) is 0 Å². The van der Waals surface area contributed by atoms with Crippen LogP contribution in [0.5, 0.6) is 0 Å². The first-order valence-corrected chi connectivity index (χ1v) is 9.25. The van der Waals surface area contributed by atoms with Crippen molar-refractivity contribution in [2.24, 2.45) is 23.7 Å². The predicted octanol–water partition coefficient (Wildman–Crippen LogP) is 1.39. The molecule has 5 aliphatic rings. The summed E-state index contributed by atoms with van der Waals surface area (Å²) in [6.45, 7) is 5.43. The predicted molar refractivity (Wildman–Crippen MR) is 83.0 cm³/mol. The van der Waals surface area contributed by atoms with E-state index in [0.29, 0.717) is 12.5 Å².